The number of ether oxygens (including phenoxy) is 2. The highest BCUT2D eigenvalue weighted by molar-refractivity contribution is 6.30. The Kier molecular flexibility index (Phi) is 9.83. The summed E-state index contributed by atoms with van der Waals surface area (Å²) >= 11 is 5.95. The topological polar surface area (TPSA) is 63.2 Å². The third kappa shape index (κ3) is 9.09. The Bertz CT molecular complexity index is 822. The number of nitrogens with one attached hydrogen (secondary N) is 1. The van der Waals surface area contributed by atoms with Crippen LogP contribution in [0.1, 0.15) is 24.0 Å². The van der Waals surface area contributed by atoms with Crippen LogP contribution in [0.15, 0.2) is 59.6 Å². The van der Waals surface area contributed by atoms with Gasteiger partial charge in [0.15, 0.2) is 0 Å². The Morgan fingerprint density at radius 1 is 1.06 bits per heavy atom. The molecule has 0 bridgehead atoms. The van der Waals surface area contributed by atoms with Gasteiger partial charge >= 0.3 is 0 Å². The summed E-state index contributed by atoms with van der Waals surface area (Å²) in [6, 6.07) is 17.7. The zero-order valence-electron chi connectivity index (χ0n) is 17.8. The van der Waals surface area contributed by atoms with Gasteiger partial charge in [-0.25, -0.2) is 4.99 Å². The molecular formula is C24H30ClN3O3. The predicted octanol–water partition coefficient (Wildman–Crippen LogP) is 3.68. The number of nitrogens with zero attached hydrogens (tertiary/aromatic N) is 2. The fraction of sp³-hybridized carbons (Fsp3) is 0.417. The number of morpholine rings is 1. The van der Waals surface area contributed by atoms with Crippen LogP contribution in [0.4, 0.5) is 0 Å². The minimum atomic E-state index is -0.105. The molecule has 0 spiro atoms. The summed E-state index contributed by atoms with van der Waals surface area (Å²) in [5, 5.41) is 3.52. The summed E-state index contributed by atoms with van der Waals surface area (Å²) in [6.45, 7) is 5.32. The van der Waals surface area contributed by atoms with Crippen molar-refractivity contribution in [2.75, 3.05) is 39.5 Å². The average Bonchev–Trinajstić information content (AvgIpc) is 2.81. The normalized spacial score (nSPS) is 14.9. The molecule has 0 saturated carbocycles. The lowest BCUT2D eigenvalue weighted by molar-refractivity contribution is -0.120. The first-order valence-corrected chi connectivity index (χ1v) is 11.1. The van der Waals surface area contributed by atoms with Crippen molar-refractivity contribution in [1.82, 2.24) is 10.2 Å². The molecule has 1 fully saturated rings. The van der Waals surface area contributed by atoms with Crippen LogP contribution in [0.3, 0.4) is 0 Å². The van der Waals surface area contributed by atoms with Gasteiger partial charge in [0.2, 0.25) is 5.91 Å². The number of carbonyl (C=O) groups excluding carboxylic acids is 1. The van der Waals surface area contributed by atoms with Crippen molar-refractivity contribution in [3.05, 3.63) is 70.7 Å². The number of hydrogen-bond donors (Lipinski definition) is 1. The van der Waals surface area contributed by atoms with E-state index in [0.717, 1.165) is 50.4 Å². The van der Waals surface area contributed by atoms with E-state index in [1.54, 1.807) is 0 Å². The standard InChI is InChI=1S/C24H30ClN3O3/c25-22-10-7-21(8-11-22)19-26-24(31-16-4-13-28-14-17-30-18-15-28)27-23(29)12-9-20-5-2-1-3-6-20/h1-3,5-8,10-11H,4,9,12-19H2,(H,26,27,29). The SMILES string of the molecule is O=C(CCc1ccccc1)NC(=NCc1ccc(Cl)cc1)OCCCN1CCOCC1. The minimum Gasteiger partial charge on any atom is -0.465 e. The Hall–Kier alpha value is -2.41. The van der Waals surface area contributed by atoms with Crippen LogP contribution in [0.2, 0.25) is 5.02 Å². The van der Waals surface area contributed by atoms with E-state index in [0.29, 0.717) is 31.0 Å². The van der Waals surface area contributed by atoms with E-state index in [1.165, 1.54) is 0 Å². The molecular weight excluding hydrogens is 414 g/mol. The number of halogens is 1. The van der Waals surface area contributed by atoms with Crippen molar-refractivity contribution >= 4 is 23.5 Å². The summed E-state index contributed by atoms with van der Waals surface area (Å²) in [4.78, 5) is 19.3. The van der Waals surface area contributed by atoms with E-state index < -0.39 is 0 Å². The van der Waals surface area contributed by atoms with E-state index in [-0.39, 0.29) is 11.9 Å². The van der Waals surface area contributed by atoms with Crippen LogP contribution in [0.5, 0.6) is 0 Å². The quantitative estimate of drug-likeness (QED) is 0.365. The molecule has 7 heteroatoms. The zero-order valence-corrected chi connectivity index (χ0v) is 18.5. The van der Waals surface area contributed by atoms with Crippen molar-refractivity contribution in [3.63, 3.8) is 0 Å². The van der Waals surface area contributed by atoms with E-state index in [4.69, 9.17) is 21.1 Å². The van der Waals surface area contributed by atoms with Gasteiger partial charge in [-0.05, 0) is 36.1 Å². The third-order valence-electron chi connectivity index (χ3n) is 5.01. The van der Waals surface area contributed by atoms with E-state index in [9.17, 15) is 4.79 Å². The molecule has 31 heavy (non-hydrogen) atoms. The van der Waals surface area contributed by atoms with Gasteiger partial charge in [0.25, 0.3) is 6.02 Å². The van der Waals surface area contributed by atoms with Gasteiger partial charge in [-0.1, -0.05) is 54.1 Å². The monoisotopic (exact) mass is 443 g/mol. The van der Waals surface area contributed by atoms with Crippen LogP contribution in [-0.2, 0) is 27.2 Å². The highest BCUT2D eigenvalue weighted by Gasteiger charge is 2.11. The second kappa shape index (κ2) is 13.1. The van der Waals surface area contributed by atoms with Crippen LogP contribution >= 0.6 is 11.6 Å². The number of amides is 1. The molecule has 0 unspecified atom stereocenters. The van der Waals surface area contributed by atoms with Crippen molar-refractivity contribution in [2.45, 2.75) is 25.8 Å². The molecule has 3 rings (SSSR count). The maximum atomic E-state index is 12.5. The van der Waals surface area contributed by atoms with Crippen LogP contribution in [0.25, 0.3) is 0 Å². The number of aryl methyl sites for hydroxylation is 1. The number of rotatable bonds is 9. The number of benzene rings is 2. The maximum absolute atomic E-state index is 12.5. The van der Waals surface area contributed by atoms with Gasteiger partial charge in [-0.15, -0.1) is 0 Å². The molecule has 2 aromatic carbocycles. The smallest absolute Gasteiger partial charge is 0.291 e. The third-order valence-corrected chi connectivity index (χ3v) is 5.26. The zero-order chi connectivity index (χ0) is 21.7. The van der Waals surface area contributed by atoms with Gasteiger partial charge in [-0.2, -0.15) is 0 Å². The fourth-order valence-electron chi connectivity index (χ4n) is 3.24. The first kappa shape index (κ1) is 23.3. The molecule has 1 heterocycles. The van der Waals surface area contributed by atoms with Crippen LogP contribution in [0, 0.1) is 0 Å². The summed E-state index contributed by atoms with van der Waals surface area (Å²) in [5.74, 6) is -0.105. The first-order chi connectivity index (χ1) is 15.2. The van der Waals surface area contributed by atoms with Crippen molar-refractivity contribution in [2.24, 2.45) is 4.99 Å². The van der Waals surface area contributed by atoms with Crippen LogP contribution < -0.4 is 5.32 Å². The molecule has 1 amide bonds. The molecule has 6 nitrogen and oxygen atoms in total. The second-order valence-electron chi connectivity index (χ2n) is 7.44. The lowest BCUT2D eigenvalue weighted by atomic mass is 10.1. The highest BCUT2D eigenvalue weighted by Crippen LogP contribution is 2.10. The molecule has 1 aliphatic heterocycles. The lowest BCUT2D eigenvalue weighted by Crippen LogP contribution is -2.37. The Labute approximate surface area is 189 Å². The van der Waals surface area contributed by atoms with Gasteiger partial charge in [-0.3, -0.25) is 15.0 Å². The Morgan fingerprint density at radius 2 is 1.81 bits per heavy atom. The molecule has 1 N–H and O–H groups in total. The number of carbonyl (C=O) groups is 1. The van der Waals surface area contributed by atoms with Gasteiger partial charge in [0.1, 0.15) is 0 Å². The number of amidine groups is 1. The van der Waals surface area contributed by atoms with Crippen LogP contribution in [-0.4, -0.2) is 56.3 Å². The van der Waals surface area contributed by atoms with E-state index >= 15 is 0 Å². The summed E-state index contributed by atoms with van der Waals surface area (Å²) in [6.07, 6.45) is 1.91. The molecule has 0 atom stereocenters. The maximum Gasteiger partial charge on any atom is 0.291 e. The van der Waals surface area contributed by atoms with Gasteiger partial charge in [0.05, 0.1) is 26.4 Å². The van der Waals surface area contributed by atoms with E-state index in [1.807, 2.05) is 54.6 Å². The average molecular weight is 444 g/mol. The fourth-order valence-corrected chi connectivity index (χ4v) is 3.37. The van der Waals surface area contributed by atoms with Crippen molar-refractivity contribution < 1.29 is 14.3 Å². The molecule has 1 saturated heterocycles. The highest BCUT2D eigenvalue weighted by atomic mass is 35.5. The molecule has 0 radical (unpaired) electrons. The molecule has 1 aliphatic rings. The van der Waals surface area contributed by atoms with E-state index in [2.05, 4.69) is 15.2 Å². The molecule has 0 aromatic heterocycles. The van der Waals surface area contributed by atoms with Gasteiger partial charge in [0, 0.05) is 31.1 Å². The lowest BCUT2D eigenvalue weighted by Gasteiger charge is -2.26. The van der Waals surface area contributed by atoms with Crippen molar-refractivity contribution in [1.29, 1.82) is 0 Å². The molecule has 166 valence electrons. The summed E-state index contributed by atoms with van der Waals surface area (Å²) in [5.41, 5.74) is 2.13. The summed E-state index contributed by atoms with van der Waals surface area (Å²) < 4.78 is 11.2. The first-order valence-electron chi connectivity index (χ1n) is 10.7. The second-order valence-corrected chi connectivity index (χ2v) is 7.87. The van der Waals surface area contributed by atoms with Gasteiger partial charge < -0.3 is 9.47 Å². The molecule has 0 aliphatic carbocycles. The summed E-state index contributed by atoms with van der Waals surface area (Å²) in [7, 11) is 0. The minimum absolute atomic E-state index is 0.105. The Balaban J connectivity index is 1.50. The number of aliphatic imine (C=N–C) groups is 1. The Morgan fingerprint density at radius 3 is 2.55 bits per heavy atom. The number of hydrogen-bond acceptors (Lipinski definition) is 5. The molecule has 2 aromatic rings. The predicted molar refractivity (Wildman–Crippen MR) is 123 cm³/mol. The van der Waals surface area contributed by atoms with Crippen molar-refractivity contribution in [3.8, 4) is 0 Å². The largest absolute Gasteiger partial charge is 0.465 e.